The highest BCUT2D eigenvalue weighted by molar-refractivity contribution is 5.78. The first-order valence-electron chi connectivity index (χ1n) is 7.06. The fourth-order valence-corrected chi connectivity index (χ4v) is 2.26. The molecule has 0 unspecified atom stereocenters. The molecule has 1 aromatic rings. The van der Waals surface area contributed by atoms with E-state index in [1.807, 2.05) is 13.8 Å². The van der Waals surface area contributed by atoms with Crippen LogP contribution in [0.5, 0.6) is 5.75 Å². The third kappa shape index (κ3) is 3.82. The van der Waals surface area contributed by atoms with E-state index in [0.717, 1.165) is 12.8 Å². The topological polar surface area (TPSA) is 65.0 Å². The SMILES string of the molecule is CCCC1(C)COC(O)(C(=O)Oc2cc(F)c(F)c(F)c2)OC1. The second kappa shape index (κ2) is 6.46. The van der Waals surface area contributed by atoms with Crippen LogP contribution in [0.25, 0.3) is 0 Å². The molecule has 0 atom stereocenters. The van der Waals surface area contributed by atoms with E-state index in [1.54, 1.807) is 0 Å². The molecule has 1 heterocycles. The van der Waals surface area contributed by atoms with Gasteiger partial charge in [0.2, 0.25) is 0 Å². The molecular weight excluding hydrogens is 317 g/mol. The van der Waals surface area contributed by atoms with Gasteiger partial charge in [-0.2, -0.15) is 0 Å². The first kappa shape index (κ1) is 17.7. The smallest absolute Gasteiger partial charge is 0.403 e. The van der Waals surface area contributed by atoms with Crippen molar-refractivity contribution in [2.75, 3.05) is 13.2 Å². The molecule has 128 valence electrons. The molecular formula is C15H17F3O5. The largest absolute Gasteiger partial charge is 0.420 e. The zero-order valence-electron chi connectivity index (χ0n) is 12.7. The van der Waals surface area contributed by atoms with Crippen LogP contribution in [0.2, 0.25) is 0 Å². The molecule has 8 heteroatoms. The Balaban J connectivity index is 2.06. The van der Waals surface area contributed by atoms with Crippen LogP contribution >= 0.6 is 0 Å². The van der Waals surface area contributed by atoms with Crippen molar-refractivity contribution in [1.29, 1.82) is 0 Å². The van der Waals surface area contributed by atoms with Crippen molar-refractivity contribution < 1.29 is 37.3 Å². The summed E-state index contributed by atoms with van der Waals surface area (Å²) in [6.45, 7) is 3.92. The van der Waals surface area contributed by atoms with Gasteiger partial charge in [0.25, 0.3) is 0 Å². The third-order valence-corrected chi connectivity index (χ3v) is 3.51. The van der Waals surface area contributed by atoms with E-state index in [4.69, 9.17) is 9.47 Å². The molecule has 1 N–H and O–H groups in total. The second-order valence-electron chi connectivity index (χ2n) is 5.81. The minimum Gasteiger partial charge on any atom is -0.420 e. The molecule has 2 rings (SSSR count). The van der Waals surface area contributed by atoms with Gasteiger partial charge in [0.15, 0.2) is 17.5 Å². The molecule has 1 aromatic carbocycles. The van der Waals surface area contributed by atoms with Gasteiger partial charge in [0, 0.05) is 17.5 Å². The van der Waals surface area contributed by atoms with E-state index in [2.05, 4.69) is 4.74 Å². The number of benzene rings is 1. The molecule has 0 spiro atoms. The van der Waals surface area contributed by atoms with Crippen LogP contribution in [-0.2, 0) is 14.3 Å². The lowest BCUT2D eigenvalue weighted by Crippen LogP contribution is -2.54. The fourth-order valence-electron chi connectivity index (χ4n) is 2.26. The molecule has 1 saturated heterocycles. The summed E-state index contributed by atoms with van der Waals surface area (Å²) in [4.78, 5) is 11.9. The molecule has 0 saturated carbocycles. The Kier molecular flexibility index (Phi) is 4.98. The average Bonchev–Trinajstić information content (AvgIpc) is 2.48. The van der Waals surface area contributed by atoms with Crippen LogP contribution in [0.4, 0.5) is 13.2 Å². The molecule has 1 fully saturated rings. The van der Waals surface area contributed by atoms with Crippen molar-refractivity contribution in [2.45, 2.75) is 32.7 Å². The number of carbonyl (C=O) groups excluding carboxylic acids is 1. The lowest BCUT2D eigenvalue weighted by molar-refractivity contribution is -0.382. The highest BCUT2D eigenvalue weighted by Gasteiger charge is 2.48. The molecule has 0 aliphatic carbocycles. The summed E-state index contributed by atoms with van der Waals surface area (Å²) < 4.78 is 53.7. The van der Waals surface area contributed by atoms with Gasteiger partial charge in [-0.3, -0.25) is 0 Å². The van der Waals surface area contributed by atoms with Crippen molar-refractivity contribution in [2.24, 2.45) is 5.41 Å². The summed E-state index contributed by atoms with van der Waals surface area (Å²) in [5.41, 5.74) is -0.366. The highest BCUT2D eigenvalue weighted by atomic mass is 19.2. The Hall–Kier alpha value is -1.64. The van der Waals surface area contributed by atoms with E-state index < -0.39 is 35.1 Å². The normalized spacial score (nSPS) is 27.7. The Morgan fingerprint density at radius 3 is 2.26 bits per heavy atom. The molecule has 0 bridgehead atoms. The van der Waals surface area contributed by atoms with Gasteiger partial charge < -0.3 is 19.3 Å². The maximum absolute atomic E-state index is 13.1. The Morgan fingerprint density at radius 1 is 1.26 bits per heavy atom. The Morgan fingerprint density at radius 2 is 1.78 bits per heavy atom. The van der Waals surface area contributed by atoms with Crippen LogP contribution in [0, 0.1) is 22.9 Å². The van der Waals surface area contributed by atoms with E-state index in [9.17, 15) is 23.1 Å². The van der Waals surface area contributed by atoms with Crippen molar-refractivity contribution in [1.82, 2.24) is 0 Å². The van der Waals surface area contributed by atoms with Crippen LogP contribution < -0.4 is 4.74 Å². The molecule has 0 amide bonds. The van der Waals surface area contributed by atoms with Gasteiger partial charge in [-0.1, -0.05) is 20.3 Å². The lowest BCUT2D eigenvalue weighted by atomic mass is 9.87. The highest BCUT2D eigenvalue weighted by Crippen LogP contribution is 2.33. The van der Waals surface area contributed by atoms with Gasteiger partial charge >= 0.3 is 11.9 Å². The Labute approximate surface area is 131 Å². The van der Waals surface area contributed by atoms with E-state index in [-0.39, 0.29) is 18.6 Å². The van der Waals surface area contributed by atoms with Crippen molar-refractivity contribution in [3.8, 4) is 5.75 Å². The summed E-state index contributed by atoms with van der Waals surface area (Å²) in [6.07, 6.45) is 1.62. The number of halogens is 3. The summed E-state index contributed by atoms with van der Waals surface area (Å²) >= 11 is 0. The van der Waals surface area contributed by atoms with Crippen molar-refractivity contribution in [3.05, 3.63) is 29.6 Å². The van der Waals surface area contributed by atoms with Crippen LogP contribution in [0.1, 0.15) is 26.7 Å². The predicted octanol–water partition coefficient (Wildman–Crippen LogP) is 2.51. The van der Waals surface area contributed by atoms with Gasteiger partial charge in [0.05, 0.1) is 13.2 Å². The molecule has 0 aromatic heterocycles. The van der Waals surface area contributed by atoms with Crippen LogP contribution in [0.15, 0.2) is 12.1 Å². The first-order valence-corrected chi connectivity index (χ1v) is 7.06. The Bertz CT molecular complexity index is 574. The second-order valence-corrected chi connectivity index (χ2v) is 5.81. The van der Waals surface area contributed by atoms with Crippen LogP contribution in [-0.4, -0.2) is 30.3 Å². The van der Waals surface area contributed by atoms with Crippen molar-refractivity contribution >= 4 is 5.97 Å². The molecule has 5 nitrogen and oxygen atoms in total. The summed E-state index contributed by atoms with van der Waals surface area (Å²) in [6, 6.07) is 0.952. The number of hydrogen-bond acceptors (Lipinski definition) is 5. The summed E-state index contributed by atoms with van der Waals surface area (Å²) in [5, 5.41) is 10.0. The number of ether oxygens (including phenoxy) is 3. The van der Waals surface area contributed by atoms with Gasteiger partial charge in [-0.05, 0) is 6.42 Å². The maximum atomic E-state index is 13.1. The van der Waals surface area contributed by atoms with Gasteiger partial charge in [-0.15, -0.1) is 0 Å². The van der Waals surface area contributed by atoms with Gasteiger partial charge in [0.1, 0.15) is 5.75 Å². The first-order chi connectivity index (χ1) is 10.7. The zero-order chi connectivity index (χ0) is 17.3. The fraction of sp³-hybridized carbons (Fsp3) is 0.533. The molecule has 1 aliphatic rings. The zero-order valence-corrected chi connectivity index (χ0v) is 12.7. The van der Waals surface area contributed by atoms with E-state index in [1.165, 1.54) is 0 Å². The van der Waals surface area contributed by atoms with E-state index in [0.29, 0.717) is 12.1 Å². The number of carbonyl (C=O) groups is 1. The molecule has 0 radical (unpaired) electrons. The maximum Gasteiger partial charge on any atom is 0.403 e. The standard InChI is InChI=1S/C15H17F3O5/c1-3-4-14(2)7-21-15(20,22-8-14)13(19)23-9-5-10(16)12(18)11(17)6-9/h5-6,20H,3-4,7-8H2,1-2H3. The quantitative estimate of drug-likeness (QED) is 0.521. The third-order valence-electron chi connectivity index (χ3n) is 3.51. The summed E-state index contributed by atoms with van der Waals surface area (Å²) in [7, 11) is 0. The minimum absolute atomic E-state index is 0.0403. The molecule has 23 heavy (non-hydrogen) atoms. The number of rotatable bonds is 4. The number of esters is 1. The predicted molar refractivity (Wildman–Crippen MR) is 71.8 cm³/mol. The molecule has 1 aliphatic heterocycles. The lowest BCUT2D eigenvalue weighted by Gasteiger charge is -2.39. The monoisotopic (exact) mass is 334 g/mol. The van der Waals surface area contributed by atoms with Crippen LogP contribution in [0.3, 0.4) is 0 Å². The average molecular weight is 334 g/mol. The van der Waals surface area contributed by atoms with E-state index >= 15 is 0 Å². The summed E-state index contributed by atoms with van der Waals surface area (Å²) in [5.74, 6) is -9.44. The minimum atomic E-state index is -2.67. The number of hydrogen-bond donors (Lipinski definition) is 1. The number of aliphatic hydroxyl groups is 1. The van der Waals surface area contributed by atoms with Crippen molar-refractivity contribution in [3.63, 3.8) is 0 Å². The van der Waals surface area contributed by atoms with Gasteiger partial charge in [-0.25, -0.2) is 18.0 Å².